The van der Waals surface area contributed by atoms with E-state index in [1.807, 2.05) is 0 Å². The molecule has 3 rings (SSSR count). The fraction of sp³-hybridized carbons (Fsp3) is 0.500. The highest BCUT2D eigenvalue weighted by Crippen LogP contribution is 2.49. The second-order valence-electron chi connectivity index (χ2n) is 4.88. The molecule has 1 aliphatic carbocycles. The van der Waals surface area contributed by atoms with Gasteiger partial charge in [0.05, 0.1) is 11.9 Å². The van der Waals surface area contributed by atoms with Gasteiger partial charge < -0.3 is 5.73 Å². The number of nitrogens with two attached hydrogens (primary N) is 1. The van der Waals surface area contributed by atoms with Crippen LogP contribution >= 0.6 is 11.6 Å². The van der Waals surface area contributed by atoms with Crippen molar-refractivity contribution in [3.05, 3.63) is 22.7 Å². The highest BCUT2D eigenvalue weighted by molar-refractivity contribution is 6.32. The Morgan fingerprint density at radius 3 is 2.83 bits per heavy atom. The molecule has 0 radical (unpaired) electrons. The molecule has 1 saturated carbocycles. The van der Waals surface area contributed by atoms with Crippen molar-refractivity contribution in [2.75, 3.05) is 5.73 Å². The van der Waals surface area contributed by atoms with E-state index in [1.165, 1.54) is 10.7 Å². The first-order valence-corrected chi connectivity index (χ1v) is 6.45. The van der Waals surface area contributed by atoms with Crippen molar-refractivity contribution in [2.24, 2.45) is 0 Å². The molecule has 4 nitrogen and oxygen atoms in total. The third-order valence-electron chi connectivity index (χ3n) is 4.08. The van der Waals surface area contributed by atoms with Gasteiger partial charge in [-0.1, -0.05) is 24.9 Å². The van der Waals surface area contributed by atoms with Crippen LogP contribution in [0.15, 0.2) is 6.20 Å². The van der Waals surface area contributed by atoms with E-state index < -0.39 is 5.82 Å². The zero-order chi connectivity index (χ0) is 12.9. The predicted molar refractivity (Wildman–Crippen MR) is 68.2 cm³/mol. The number of halogens is 2. The van der Waals surface area contributed by atoms with Crippen LogP contribution < -0.4 is 5.73 Å². The smallest absolute Gasteiger partial charge is 0.238 e. The van der Waals surface area contributed by atoms with Gasteiger partial charge in [-0.3, -0.25) is 0 Å². The standard InChI is InChI=1S/C12H14ClFN4/c1-2-12(4-3-5-12)10-8(13)9(14)7-6-16-11(15)17-18(7)10/h6H,2-5H2,1H3,(H2,15,17). The van der Waals surface area contributed by atoms with E-state index in [4.69, 9.17) is 17.3 Å². The SMILES string of the molecule is CCC1(c2c(Cl)c(F)c3cnc(N)nn23)CCC1. The van der Waals surface area contributed by atoms with Gasteiger partial charge in [0, 0.05) is 5.41 Å². The lowest BCUT2D eigenvalue weighted by Gasteiger charge is -2.41. The lowest BCUT2D eigenvalue weighted by atomic mass is 9.65. The molecule has 0 atom stereocenters. The largest absolute Gasteiger partial charge is 0.367 e. The summed E-state index contributed by atoms with van der Waals surface area (Å²) >= 11 is 6.16. The summed E-state index contributed by atoms with van der Waals surface area (Å²) in [4.78, 5) is 3.82. The lowest BCUT2D eigenvalue weighted by molar-refractivity contribution is 0.224. The molecule has 2 N–H and O–H groups in total. The number of fused-ring (bicyclic) bond motifs is 1. The minimum Gasteiger partial charge on any atom is -0.367 e. The molecule has 0 saturated heterocycles. The Morgan fingerprint density at radius 2 is 2.28 bits per heavy atom. The van der Waals surface area contributed by atoms with E-state index in [-0.39, 0.29) is 16.4 Å². The van der Waals surface area contributed by atoms with Crippen LogP contribution in [0.1, 0.15) is 38.3 Å². The summed E-state index contributed by atoms with van der Waals surface area (Å²) in [5.41, 5.74) is 6.57. The monoisotopic (exact) mass is 268 g/mol. The van der Waals surface area contributed by atoms with Gasteiger partial charge in [-0.2, -0.15) is 0 Å². The van der Waals surface area contributed by atoms with Crippen molar-refractivity contribution in [1.29, 1.82) is 0 Å². The number of anilines is 1. The number of nitrogens with zero attached hydrogens (tertiary/aromatic N) is 3. The normalized spacial score (nSPS) is 17.9. The second kappa shape index (κ2) is 3.82. The first-order valence-electron chi connectivity index (χ1n) is 6.08. The van der Waals surface area contributed by atoms with Gasteiger partial charge >= 0.3 is 0 Å². The van der Waals surface area contributed by atoms with E-state index in [0.717, 1.165) is 31.4 Å². The molecule has 2 heterocycles. The molecule has 0 spiro atoms. The second-order valence-corrected chi connectivity index (χ2v) is 5.26. The Balaban J connectivity index is 2.34. The molecule has 2 aromatic heterocycles. The van der Waals surface area contributed by atoms with Crippen LogP contribution in [0.3, 0.4) is 0 Å². The van der Waals surface area contributed by atoms with Gasteiger partial charge in [0.25, 0.3) is 0 Å². The van der Waals surface area contributed by atoms with Crippen molar-refractivity contribution in [3.63, 3.8) is 0 Å². The number of rotatable bonds is 2. The summed E-state index contributed by atoms with van der Waals surface area (Å²) in [6.45, 7) is 2.09. The molecule has 1 aliphatic rings. The van der Waals surface area contributed by atoms with Gasteiger partial charge in [-0.25, -0.2) is 13.9 Å². The Bertz CT molecular complexity index is 613. The number of aromatic nitrogens is 3. The summed E-state index contributed by atoms with van der Waals surface area (Å²) in [7, 11) is 0. The molecule has 2 aromatic rings. The summed E-state index contributed by atoms with van der Waals surface area (Å²) < 4.78 is 15.6. The van der Waals surface area contributed by atoms with Crippen LogP contribution in [-0.4, -0.2) is 14.6 Å². The maximum absolute atomic E-state index is 14.1. The Kier molecular flexibility index (Phi) is 2.48. The van der Waals surface area contributed by atoms with Gasteiger partial charge in [0.2, 0.25) is 5.95 Å². The number of hydrogen-bond donors (Lipinski definition) is 1. The van der Waals surface area contributed by atoms with Crippen LogP contribution in [0, 0.1) is 5.82 Å². The van der Waals surface area contributed by atoms with E-state index in [9.17, 15) is 4.39 Å². The molecular formula is C12H14ClFN4. The molecule has 96 valence electrons. The summed E-state index contributed by atoms with van der Waals surface area (Å²) in [6.07, 6.45) is 5.47. The van der Waals surface area contributed by atoms with E-state index in [1.54, 1.807) is 0 Å². The molecule has 6 heteroatoms. The van der Waals surface area contributed by atoms with Gasteiger partial charge in [-0.05, 0) is 19.3 Å². The van der Waals surface area contributed by atoms with E-state index in [2.05, 4.69) is 17.0 Å². The van der Waals surface area contributed by atoms with Crippen LogP contribution in [0.5, 0.6) is 0 Å². The summed E-state index contributed by atoms with van der Waals surface area (Å²) in [5.74, 6) is -0.326. The fourth-order valence-corrected chi connectivity index (χ4v) is 3.19. The molecule has 18 heavy (non-hydrogen) atoms. The highest BCUT2D eigenvalue weighted by Gasteiger charge is 2.42. The number of nitrogen functional groups attached to an aromatic ring is 1. The Hall–Kier alpha value is -1.36. The average molecular weight is 269 g/mol. The van der Waals surface area contributed by atoms with Gasteiger partial charge in [-0.15, -0.1) is 5.10 Å². The molecule has 0 amide bonds. The van der Waals surface area contributed by atoms with E-state index >= 15 is 0 Å². The minimum absolute atomic E-state index is 0.0644. The quantitative estimate of drug-likeness (QED) is 0.911. The van der Waals surface area contributed by atoms with Crippen molar-refractivity contribution in [3.8, 4) is 0 Å². The van der Waals surface area contributed by atoms with Crippen LogP contribution in [0.2, 0.25) is 5.02 Å². The summed E-state index contributed by atoms with van der Waals surface area (Å²) in [6, 6.07) is 0. The van der Waals surface area contributed by atoms with Crippen molar-refractivity contribution in [2.45, 2.75) is 38.0 Å². The predicted octanol–water partition coefficient (Wildman–Crippen LogP) is 2.94. The van der Waals surface area contributed by atoms with Gasteiger partial charge in [0.15, 0.2) is 5.82 Å². The topological polar surface area (TPSA) is 56.2 Å². The third kappa shape index (κ3) is 1.37. The van der Waals surface area contributed by atoms with Crippen LogP contribution in [0.4, 0.5) is 10.3 Å². The maximum atomic E-state index is 14.1. The zero-order valence-corrected chi connectivity index (χ0v) is 10.8. The van der Waals surface area contributed by atoms with Gasteiger partial charge in [0.1, 0.15) is 10.5 Å². The summed E-state index contributed by atoms with van der Waals surface area (Å²) in [5, 5.41) is 4.28. The van der Waals surface area contributed by atoms with E-state index in [0.29, 0.717) is 5.52 Å². The first kappa shape index (κ1) is 11.7. The molecule has 1 fully saturated rings. The molecule has 0 unspecified atom stereocenters. The zero-order valence-electron chi connectivity index (χ0n) is 10.1. The van der Waals surface area contributed by atoms with Crippen LogP contribution in [0.25, 0.3) is 5.52 Å². The average Bonchev–Trinajstić information content (AvgIpc) is 2.54. The Morgan fingerprint density at radius 1 is 1.56 bits per heavy atom. The Labute approximate surface area is 109 Å². The first-order chi connectivity index (χ1) is 8.59. The fourth-order valence-electron chi connectivity index (χ4n) is 2.81. The molecular weight excluding hydrogens is 255 g/mol. The molecule has 0 aliphatic heterocycles. The third-order valence-corrected chi connectivity index (χ3v) is 4.42. The molecule has 0 aromatic carbocycles. The lowest BCUT2D eigenvalue weighted by Crippen LogP contribution is -2.35. The minimum atomic E-state index is -0.452. The number of hydrogen-bond acceptors (Lipinski definition) is 3. The van der Waals surface area contributed by atoms with Crippen molar-refractivity contribution in [1.82, 2.24) is 14.6 Å². The maximum Gasteiger partial charge on any atom is 0.238 e. The van der Waals surface area contributed by atoms with Crippen molar-refractivity contribution < 1.29 is 4.39 Å². The van der Waals surface area contributed by atoms with Crippen molar-refractivity contribution >= 4 is 23.1 Å². The highest BCUT2D eigenvalue weighted by atomic mass is 35.5. The van der Waals surface area contributed by atoms with Crippen LogP contribution in [-0.2, 0) is 5.41 Å². The molecule has 0 bridgehead atoms.